The van der Waals surface area contributed by atoms with E-state index >= 15 is 0 Å². The molecule has 110 valence electrons. The number of benzene rings is 1. The predicted molar refractivity (Wildman–Crippen MR) is 68.6 cm³/mol. The van der Waals surface area contributed by atoms with Crippen LogP contribution in [0.4, 0.5) is 0 Å². The molecule has 0 fully saturated rings. The third kappa shape index (κ3) is 4.07. The van der Waals surface area contributed by atoms with Crippen molar-refractivity contribution in [1.82, 2.24) is 0 Å². The Balaban J connectivity index is 3.43. The molecule has 1 rings (SSSR count). The lowest BCUT2D eigenvalue weighted by atomic mass is 9.98. The summed E-state index contributed by atoms with van der Waals surface area (Å²) >= 11 is 0. The van der Waals surface area contributed by atoms with Crippen molar-refractivity contribution < 1.29 is 33.4 Å². The molecule has 0 saturated heterocycles. The minimum absolute atomic E-state index is 0.112. The van der Waals surface area contributed by atoms with Crippen molar-refractivity contribution in [2.24, 2.45) is 0 Å². The average molecular weight is 292 g/mol. The standard InChI is InChI=1S/C14H12O7/c1-7(15)10-5-4-6-11(13(18)20-8(2)16)12(10)14(19)21-9(3)17/h4-6H,1-3H3. The van der Waals surface area contributed by atoms with Gasteiger partial charge in [0.25, 0.3) is 0 Å². The van der Waals surface area contributed by atoms with Crippen LogP contribution in [0.1, 0.15) is 51.8 Å². The minimum Gasteiger partial charge on any atom is -0.390 e. The fraction of sp³-hybridized carbons (Fsp3) is 0.214. The van der Waals surface area contributed by atoms with Crippen LogP contribution in [0.15, 0.2) is 18.2 Å². The highest BCUT2D eigenvalue weighted by Crippen LogP contribution is 2.18. The maximum atomic E-state index is 11.9. The second-order valence-electron chi connectivity index (χ2n) is 4.05. The van der Waals surface area contributed by atoms with E-state index < -0.39 is 35.2 Å². The van der Waals surface area contributed by atoms with Gasteiger partial charge in [0.2, 0.25) is 0 Å². The number of hydrogen-bond donors (Lipinski definition) is 0. The zero-order chi connectivity index (χ0) is 16.2. The molecule has 0 aliphatic rings. The van der Waals surface area contributed by atoms with Crippen molar-refractivity contribution in [3.63, 3.8) is 0 Å². The first-order valence-electron chi connectivity index (χ1n) is 5.83. The van der Waals surface area contributed by atoms with Crippen LogP contribution in [0.3, 0.4) is 0 Å². The lowest BCUT2D eigenvalue weighted by molar-refractivity contribution is -0.136. The predicted octanol–water partition coefficient (Wildman–Crippen LogP) is 1.30. The molecular weight excluding hydrogens is 280 g/mol. The largest absolute Gasteiger partial charge is 0.390 e. The summed E-state index contributed by atoms with van der Waals surface area (Å²) in [6.45, 7) is 3.20. The molecule has 0 spiro atoms. The number of esters is 4. The van der Waals surface area contributed by atoms with Crippen LogP contribution < -0.4 is 0 Å². The maximum Gasteiger partial charge on any atom is 0.347 e. The highest BCUT2D eigenvalue weighted by Gasteiger charge is 2.26. The van der Waals surface area contributed by atoms with E-state index in [1.165, 1.54) is 25.1 Å². The van der Waals surface area contributed by atoms with Gasteiger partial charge < -0.3 is 9.47 Å². The first-order chi connectivity index (χ1) is 9.73. The van der Waals surface area contributed by atoms with Gasteiger partial charge in [0, 0.05) is 19.4 Å². The van der Waals surface area contributed by atoms with E-state index in [2.05, 4.69) is 9.47 Å². The van der Waals surface area contributed by atoms with Crippen molar-refractivity contribution >= 4 is 29.7 Å². The van der Waals surface area contributed by atoms with Crippen LogP contribution in [0.2, 0.25) is 0 Å². The van der Waals surface area contributed by atoms with E-state index in [9.17, 15) is 24.0 Å². The number of ether oxygens (including phenoxy) is 2. The van der Waals surface area contributed by atoms with Gasteiger partial charge in [0.05, 0.1) is 11.1 Å². The van der Waals surface area contributed by atoms with E-state index in [0.717, 1.165) is 13.8 Å². The van der Waals surface area contributed by atoms with Gasteiger partial charge >= 0.3 is 23.9 Å². The van der Waals surface area contributed by atoms with E-state index in [0.29, 0.717) is 0 Å². The monoisotopic (exact) mass is 292 g/mol. The molecule has 21 heavy (non-hydrogen) atoms. The molecule has 1 aromatic rings. The van der Waals surface area contributed by atoms with Gasteiger partial charge in [-0.05, 0) is 13.0 Å². The molecule has 0 N–H and O–H groups in total. The third-order valence-corrected chi connectivity index (χ3v) is 2.34. The average Bonchev–Trinajstić information content (AvgIpc) is 2.35. The Kier molecular flexibility index (Phi) is 5.06. The van der Waals surface area contributed by atoms with Crippen molar-refractivity contribution in [1.29, 1.82) is 0 Å². The van der Waals surface area contributed by atoms with Gasteiger partial charge in [-0.2, -0.15) is 0 Å². The van der Waals surface area contributed by atoms with Gasteiger partial charge in [-0.1, -0.05) is 12.1 Å². The summed E-state index contributed by atoms with van der Waals surface area (Å²) in [4.78, 5) is 56.9. The molecule has 0 saturated carbocycles. The summed E-state index contributed by atoms with van der Waals surface area (Å²) < 4.78 is 8.79. The van der Waals surface area contributed by atoms with Gasteiger partial charge in [-0.3, -0.25) is 14.4 Å². The number of carbonyl (C=O) groups excluding carboxylic acids is 5. The molecule has 0 radical (unpaired) electrons. The highest BCUT2D eigenvalue weighted by atomic mass is 16.6. The van der Waals surface area contributed by atoms with Gasteiger partial charge in [-0.15, -0.1) is 0 Å². The summed E-state index contributed by atoms with van der Waals surface area (Å²) in [5.74, 6) is -4.56. The summed E-state index contributed by atoms with van der Waals surface area (Å²) in [5.41, 5.74) is -0.852. The van der Waals surface area contributed by atoms with Crippen molar-refractivity contribution in [2.45, 2.75) is 20.8 Å². The Morgan fingerprint density at radius 2 is 1.24 bits per heavy atom. The number of Topliss-reactive ketones (excluding diaryl/α,β-unsaturated/α-hetero) is 1. The van der Waals surface area contributed by atoms with Crippen LogP contribution in [0, 0.1) is 0 Å². The second-order valence-corrected chi connectivity index (χ2v) is 4.05. The molecule has 0 heterocycles. The molecular formula is C14H12O7. The molecule has 0 amide bonds. The number of carbonyl (C=O) groups is 5. The summed E-state index contributed by atoms with van der Waals surface area (Å²) in [6.07, 6.45) is 0. The van der Waals surface area contributed by atoms with Gasteiger partial charge in [0.15, 0.2) is 5.78 Å². The SMILES string of the molecule is CC(=O)OC(=O)c1cccc(C(C)=O)c1C(=O)OC(C)=O. The van der Waals surface area contributed by atoms with E-state index in [-0.39, 0.29) is 11.1 Å². The minimum atomic E-state index is -1.16. The molecule has 0 bridgehead atoms. The molecule has 0 aliphatic carbocycles. The zero-order valence-electron chi connectivity index (χ0n) is 11.6. The van der Waals surface area contributed by atoms with Gasteiger partial charge in [0.1, 0.15) is 0 Å². The quantitative estimate of drug-likeness (QED) is 0.469. The molecule has 7 heteroatoms. The van der Waals surface area contributed by atoms with E-state index in [4.69, 9.17) is 0 Å². The number of hydrogen-bond acceptors (Lipinski definition) is 7. The van der Waals surface area contributed by atoms with Crippen LogP contribution in [0.25, 0.3) is 0 Å². The molecule has 0 atom stereocenters. The molecule has 0 aromatic heterocycles. The maximum absolute atomic E-state index is 11.9. The first-order valence-corrected chi connectivity index (χ1v) is 5.83. The fourth-order valence-electron chi connectivity index (χ4n) is 1.60. The molecule has 0 aliphatic heterocycles. The van der Waals surface area contributed by atoms with Crippen molar-refractivity contribution in [3.8, 4) is 0 Å². The van der Waals surface area contributed by atoms with Crippen LogP contribution in [-0.4, -0.2) is 29.7 Å². The Hall–Kier alpha value is -2.83. The summed E-state index contributed by atoms with van der Waals surface area (Å²) in [7, 11) is 0. The van der Waals surface area contributed by atoms with E-state index in [1.54, 1.807) is 0 Å². The highest BCUT2D eigenvalue weighted by molar-refractivity contribution is 6.14. The topological polar surface area (TPSA) is 104 Å². The smallest absolute Gasteiger partial charge is 0.347 e. The normalized spacial score (nSPS) is 9.67. The lowest BCUT2D eigenvalue weighted by Crippen LogP contribution is -2.20. The Bertz CT molecular complexity index is 643. The summed E-state index contributed by atoms with van der Waals surface area (Å²) in [6, 6.07) is 3.83. The van der Waals surface area contributed by atoms with Crippen LogP contribution in [-0.2, 0) is 19.1 Å². The number of ketones is 1. The fourth-order valence-corrected chi connectivity index (χ4v) is 1.60. The van der Waals surface area contributed by atoms with Crippen molar-refractivity contribution in [2.75, 3.05) is 0 Å². The molecule has 7 nitrogen and oxygen atoms in total. The van der Waals surface area contributed by atoms with Gasteiger partial charge in [-0.25, -0.2) is 9.59 Å². The van der Waals surface area contributed by atoms with Crippen LogP contribution in [0.5, 0.6) is 0 Å². The zero-order valence-corrected chi connectivity index (χ0v) is 11.6. The lowest BCUT2D eigenvalue weighted by Gasteiger charge is -2.10. The first kappa shape index (κ1) is 16.2. The van der Waals surface area contributed by atoms with E-state index in [1.807, 2.05) is 0 Å². The van der Waals surface area contributed by atoms with Crippen molar-refractivity contribution in [3.05, 3.63) is 34.9 Å². The summed E-state index contributed by atoms with van der Waals surface area (Å²) in [5, 5.41) is 0. The Morgan fingerprint density at radius 1 is 0.762 bits per heavy atom. The Labute approximate surface area is 119 Å². The third-order valence-electron chi connectivity index (χ3n) is 2.34. The Morgan fingerprint density at radius 3 is 1.71 bits per heavy atom. The number of rotatable bonds is 3. The molecule has 1 aromatic carbocycles. The van der Waals surface area contributed by atoms with Crippen LogP contribution >= 0.6 is 0 Å². The second kappa shape index (κ2) is 6.56. The molecule has 0 unspecified atom stereocenters.